The van der Waals surface area contributed by atoms with Crippen molar-refractivity contribution in [3.05, 3.63) is 122 Å². The Kier molecular flexibility index (Phi) is 9.36. The van der Waals surface area contributed by atoms with Gasteiger partial charge in [0.1, 0.15) is 68.3 Å². The van der Waals surface area contributed by atoms with E-state index >= 15 is 4.79 Å². The summed E-state index contributed by atoms with van der Waals surface area (Å²) in [5.74, 6) is -5.86. The molecule has 0 fully saturated rings. The molecule has 0 amide bonds. The molecule has 1 aliphatic heterocycles. The van der Waals surface area contributed by atoms with E-state index in [-0.39, 0.29) is 74.8 Å². The first-order valence-corrected chi connectivity index (χ1v) is 18.1. The largest absolute Gasteiger partial charge is 0.508 e. The van der Waals surface area contributed by atoms with Gasteiger partial charge in [-0.15, -0.1) is 0 Å². The van der Waals surface area contributed by atoms with Crippen LogP contribution >= 0.6 is 0 Å². The monoisotopic (exact) mass is 758 g/mol. The Morgan fingerprint density at radius 2 is 1.59 bits per heavy atom. The van der Waals surface area contributed by atoms with Gasteiger partial charge in [-0.2, -0.15) is 0 Å². The summed E-state index contributed by atoms with van der Waals surface area (Å²) < 4.78 is 12.6. The number of Topliss-reactive ketones (excluding diaryl/α,β-unsaturated/α-hetero) is 1. The quantitative estimate of drug-likeness (QED) is 0.0618. The number of allylic oxidation sites excluding steroid dienone is 4. The summed E-state index contributed by atoms with van der Waals surface area (Å²) in [6, 6.07) is 11.9. The van der Waals surface area contributed by atoms with E-state index in [1.807, 2.05) is 34.6 Å². The topological polar surface area (TPSA) is 198 Å². The Morgan fingerprint density at radius 3 is 2.27 bits per heavy atom. The van der Waals surface area contributed by atoms with Gasteiger partial charge in [0.25, 0.3) is 0 Å². The smallest absolute Gasteiger partial charge is 0.200 e. The molecule has 0 spiro atoms. The zero-order valence-electron chi connectivity index (χ0n) is 31.4. The normalized spacial score (nSPS) is 18.5. The molecule has 0 saturated heterocycles. The van der Waals surface area contributed by atoms with Crippen LogP contribution in [0.5, 0.6) is 46.0 Å². The summed E-state index contributed by atoms with van der Waals surface area (Å²) in [5, 5.41) is 76.7. The third kappa shape index (κ3) is 6.70. The molecule has 7 N–H and O–H groups in total. The summed E-state index contributed by atoms with van der Waals surface area (Å²) >= 11 is 0. The number of carbonyl (C=O) groups excluding carboxylic acids is 1. The number of phenols is 7. The van der Waals surface area contributed by atoms with Crippen molar-refractivity contribution in [1.29, 1.82) is 0 Å². The predicted octanol–water partition coefficient (Wildman–Crippen LogP) is 8.81. The Hall–Kier alpha value is -6.62. The molecule has 3 atom stereocenters. The van der Waals surface area contributed by atoms with E-state index < -0.39 is 51.8 Å². The number of aromatic hydroxyl groups is 7. The minimum Gasteiger partial charge on any atom is -0.508 e. The van der Waals surface area contributed by atoms with Gasteiger partial charge in [-0.05, 0) is 107 Å². The number of hydrogen-bond donors (Lipinski definition) is 7. The number of phenolic OH excluding ortho intramolecular Hbond substituents is 7. The zero-order chi connectivity index (χ0) is 40.4. The van der Waals surface area contributed by atoms with Gasteiger partial charge in [0.05, 0.1) is 16.7 Å². The Morgan fingerprint density at radius 1 is 0.875 bits per heavy atom. The molecule has 288 valence electrons. The van der Waals surface area contributed by atoms with E-state index in [0.717, 1.165) is 29.3 Å². The highest BCUT2D eigenvalue weighted by molar-refractivity contribution is 6.04. The summed E-state index contributed by atoms with van der Waals surface area (Å²) in [7, 11) is 0. The van der Waals surface area contributed by atoms with Gasteiger partial charge in [0.2, 0.25) is 5.43 Å². The lowest BCUT2D eigenvalue weighted by molar-refractivity contribution is 0.0877. The number of carbonyl (C=O) groups is 1. The predicted molar refractivity (Wildman–Crippen MR) is 211 cm³/mol. The first kappa shape index (κ1) is 37.7. The van der Waals surface area contributed by atoms with Crippen LogP contribution < -0.4 is 10.2 Å². The van der Waals surface area contributed by atoms with Crippen LogP contribution in [0, 0.1) is 5.92 Å². The highest BCUT2D eigenvalue weighted by Crippen LogP contribution is 2.53. The maximum Gasteiger partial charge on any atom is 0.200 e. The van der Waals surface area contributed by atoms with Crippen LogP contribution in [0.4, 0.5) is 0 Å². The van der Waals surface area contributed by atoms with E-state index in [2.05, 4.69) is 0 Å². The summed E-state index contributed by atoms with van der Waals surface area (Å²) in [6.07, 6.45) is 7.28. The number of hydrogen-bond acceptors (Lipinski definition) is 11. The van der Waals surface area contributed by atoms with Gasteiger partial charge in [0.15, 0.2) is 5.78 Å². The molecule has 0 saturated carbocycles. The first-order chi connectivity index (χ1) is 26.4. The third-order valence-corrected chi connectivity index (χ3v) is 10.5. The van der Waals surface area contributed by atoms with Crippen molar-refractivity contribution in [2.45, 2.75) is 64.9 Å². The zero-order valence-corrected chi connectivity index (χ0v) is 31.4. The lowest BCUT2D eigenvalue weighted by atomic mass is 9.65. The van der Waals surface area contributed by atoms with Crippen molar-refractivity contribution in [2.24, 2.45) is 5.92 Å². The second-order valence-corrected chi connectivity index (χ2v) is 15.4. The highest BCUT2D eigenvalue weighted by Gasteiger charge is 2.44. The number of benzene rings is 4. The molecule has 4 aromatic carbocycles. The average molecular weight is 759 g/mol. The van der Waals surface area contributed by atoms with Crippen LogP contribution in [0.2, 0.25) is 0 Å². The van der Waals surface area contributed by atoms with Gasteiger partial charge in [-0.1, -0.05) is 23.3 Å². The SMILES string of the molecule is CC(C)=CCc1c(-c2ccc(O)cc2O)oc2c(C3C=C(C)CC(c4cc(O)cc(O)c4)C3C(=O)c3ccc4c(c3O)C=CC(C)(C)O4)c(O)cc(O)c2c1=O. The number of fused-ring (bicyclic) bond motifs is 2. The van der Waals surface area contributed by atoms with E-state index in [1.165, 1.54) is 30.3 Å². The molecule has 11 heteroatoms. The fourth-order valence-corrected chi connectivity index (χ4v) is 7.92. The fourth-order valence-electron chi connectivity index (χ4n) is 7.92. The highest BCUT2D eigenvalue weighted by atomic mass is 16.5. The standard InChI is InChI=1S/C45H42O11/c1-21(2)6-8-30-42(54)39-35(51)20-34(50)38(44(39)55-43(30)27-9-7-24(46)19-33(27)49)32-15-22(3)14-31(23-16-25(47)18-26(48)17-23)37(32)41(53)29-10-11-36-28(40(29)52)12-13-45(4,5)56-36/h6-7,9-13,15-20,31-32,37,46-52H,8,14H2,1-5H3. The van der Waals surface area contributed by atoms with E-state index in [4.69, 9.17) is 9.15 Å². The van der Waals surface area contributed by atoms with Crippen LogP contribution in [0.15, 0.2) is 93.2 Å². The summed E-state index contributed by atoms with van der Waals surface area (Å²) in [4.78, 5) is 29.7. The minimum absolute atomic E-state index is 0.0302. The van der Waals surface area contributed by atoms with Crippen LogP contribution in [0.25, 0.3) is 28.4 Å². The second-order valence-electron chi connectivity index (χ2n) is 15.4. The molecule has 7 rings (SSSR count). The summed E-state index contributed by atoms with van der Waals surface area (Å²) in [5.41, 5.74) is 0.805. The minimum atomic E-state index is -1.17. The first-order valence-electron chi connectivity index (χ1n) is 18.1. The van der Waals surface area contributed by atoms with Crippen molar-refractivity contribution >= 4 is 22.8 Å². The Balaban J connectivity index is 1.53. The van der Waals surface area contributed by atoms with E-state index in [9.17, 15) is 40.5 Å². The molecule has 11 nitrogen and oxygen atoms in total. The van der Waals surface area contributed by atoms with Crippen LogP contribution in [-0.2, 0) is 6.42 Å². The van der Waals surface area contributed by atoms with Crippen molar-refractivity contribution < 1.29 is 49.7 Å². The lowest BCUT2D eigenvalue weighted by Gasteiger charge is -2.37. The lowest BCUT2D eigenvalue weighted by Crippen LogP contribution is -2.32. The van der Waals surface area contributed by atoms with Gasteiger partial charge < -0.3 is 44.9 Å². The molecular weight excluding hydrogens is 716 g/mol. The molecular formula is C45H42O11. The molecule has 2 heterocycles. The van der Waals surface area contributed by atoms with Crippen LogP contribution in [0.1, 0.15) is 85.5 Å². The van der Waals surface area contributed by atoms with Crippen molar-refractivity contribution in [3.8, 4) is 57.3 Å². The van der Waals surface area contributed by atoms with E-state index in [0.29, 0.717) is 16.9 Å². The molecule has 56 heavy (non-hydrogen) atoms. The maximum absolute atomic E-state index is 15.2. The van der Waals surface area contributed by atoms with Crippen molar-refractivity contribution in [1.82, 2.24) is 0 Å². The van der Waals surface area contributed by atoms with E-state index in [1.54, 1.807) is 30.4 Å². The molecule has 3 unspecified atom stereocenters. The van der Waals surface area contributed by atoms with Gasteiger partial charge in [-0.3, -0.25) is 9.59 Å². The molecule has 1 aromatic heterocycles. The summed E-state index contributed by atoms with van der Waals surface area (Å²) in [6.45, 7) is 9.21. The van der Waals surface area contributed by atoms with Gasteiger partial charge >= 0.3 is 0 Å². The van der Waals surface area contributed by atoms with Gasteiger partial charge in [0, 0.05) is 41.2 Å². The average Bonchev–Trinajstić information content (AvgIpc) is 3.09. The maximum atomic E-state index is 15.2. The second kappa shape index (κ2) is 13.9. The van der Waals surface area contributed by atoms with Gasteiger partial charge in [-0.25, -0.2) is 0 Å². The molecule has 1 aliphatic carbocycles. The Bertz CT molecular complexity index is 2580. The number of rotatable bonds is 7. The Labute approximate surface area is 322 Å². The molecule has 2 aliphatic rings. The number of ketones is 1. The van der Waals surface area contributed by atoms with Crippen LogP contribution in [0.3, 0.4) is 0 Å². The van der Waals surface area contributed by atoms with Crippen LogP contribution in [-0.4, -0.2) is 47.1 Å². The molecule has 5 aromatic rings. The third-order valence-electron chi connectivity index (χ3n) is 10.5. The van der Waals surface area contributed by atoms with Crippen molar-refractivity contribution in [2.75, 3.05) is 0 Å². The number of ether oxygens (including phenoxy) is 1. The van der Waals surface area contributed by atoms with Crippen molar-refractivity contribution in [3.63, 3.8) is 0 Å². The molecule has 0 bridgehead atoms. The molecule has 0 radical (unpaired) electrons. The fraction of sp³-hybridized carbons (Fsp3) is 0.244.